The van der Waals surface area contributed by atoms with Crippen LogP contribution in [0.25, 0.3) is 0 Å². The highest BCUT2D eigenvalue weighted by molar-refractivity contribution is 7.11. The molecule has 5 nitrogen and oxygen atoms in total. The van der Waals surface area contributed by atoms with E-state index >= 15 is 0 Å². The number of ether oxygens (including phenoxy) is 2. The molecule has 1 unspecified atom stereocenters. The smallest absolute Gasteiger partial charge is 0.273 e. The lowest BCUT2D eigenvalue weighted by molar-refractivity contribution is 0.123. The maximum absolute atomic E-state index is 5.81. The molecular weight excluding hydrogens is 322 g/mol. The second kappa shape index (κ2) is 7.94. The van der Waals surface area contributed by atoms with Crippen molar-refractivity contribution in [1.29, 1.82) is 0 Å². The highest BCUT2D eigenvalue weighted by Crippen LogP contribution is 2.26. The van der Waals surface area contributed by atoms with Crippen LogP contribution in [-0.4, -0.2) is 41.7 Å². The number of hydrogen-bond donors (Lipinski definition) is 0. The van der Waals surface area contributed by atoms with Crippen LogP contribution in [-0.2, 0) is 6.54 Å². The first kappa shape index (κ1) is 17.2. The van der Waals surface area contributed by atoms with Crippen molar-refractivity contribution < 1.29 is 9.47 Å². The zero-order valence-corrected chi connectivity index (χ0v) is 15.4. The van der Waals surface area contributed by atoms with Crippen molar-refractivity contribution >= 4 is 11.3 Å². The number of methoxy groups -OCH3 is 1. The average molecular weight is 347 g/mol. The molecule has 24 heavy (non-hydrogen) atoms. The predicted molar refractivity (Wildman–Crippen MR) is 95.9 cm³/mol. The molecule has 0 aromatic carbocycles. The van der Waals surface area contributed by atoms with Gasteiger partial charge in [-0.25, -0.2) is 4.98 Å². The van der Waals surface area contributed by atoms with Gasteiger partial charge in [0.15, 0.2) is 0 Å². The molecule has 0 spiro atoms. The lowest BCUT2D eigenvalue weighted by Crippen LogP contribution is -2.37. The summed E-state index contributed by atoms with van der Waals surface area (Å²) in [5.41, 5.74) is 3.35. The Morgan fingerprint density at radius 1 is 1.33 bits per heavy atom. The van der Waals surface area contributed by atoms with Gasteiger partial charge < -0.3 is 9.47 Å². The average Bonchev–Trinajstić information content (AvgIpc) is 3.10. The summed E-state index contributed by atoms with van der Waals surface area (Å²) in [6, 6.07) is 0. The molecule has 1 fully saturated rings. The van der Waals surface area contributed by atoms with Crippen LogP contribution in [0.1, 0.15) is 29.7 Å². The Kier molecular flexibility index (Phi) is 5.68. The van der Waals surface area contributed by atoms with E-state index in [4.69, 9.17) is 9.47 Å². The van der Waals surface area contributed by atoms with Crippen molar-refractivity contribution in [2.75, 3.05) is 26.8 Å². The molecule has 0 radical (unpaired) electrons. The number of thiazole rings is 1. The largest absolute Gasteiger partial charge is 0.496 e. The topological polar surface area (TPSA) is 47.5 Å². The van der Waals surface area contributed by atoms with Crippen LogP contribution in [0, 0.1) is 19.8 Å². The Hall–Kier alpha value is -1.66. The molecule has 0 bridgehead atoms. The highest BCUT2D eigenvalue weighted by atomic mass is 32.1. The van der Waals surface area contributed by atoms with Gasteiger partial charge in [-0.2, -0.15) is 0 Å². The number of nitrogens with zero attached hydrogens (tertiary/aromatic N) is 3. The number of rotatable bonds is 6. The maximum Gasteiger partial charge on any atom is 0.273 e. The number of aromatic nitrogens is 2. The number of hydrogen-bond acceptors (Lipinski definition) is 6. The monoisotopic (exact) mass is 347 g/mol. The first-order valence-corrected chi connectivity index (χ1v) is 9.29. The summed E-state index contributed by atoms with van der Waals surface area (Å²) in [5, 5.41) is 2.72. The van der Waals surface area contributed by atoms with Crippen molar-refractivity contribution in [1.82, 2.24) is 14.9 Å². The third-order valence-corrected chi connectivity index (χ3v) is 5.26. The molecular formula is C18H25N3O2S. The minimum atomic E-state index is 0.551. The van der Waals surface area contributed by atoms with Crippen molar-refractivity contribution in [3.63, 3.8) is 0 Å². The van der Waals surface area contributed by atoms with Gasteiger partial charge in [0.1, 0.15) is 5.75 Å². The van der Waals surface area contributed by atoms with Crippen LogP contribution in [0.2, 0.25) is 0 Å². The number of likely N-dealkylation sites (tertiary alicyclic amines) is 1. The third kappa shape index (κ3) is 4.05. The molecule has 0 saturated carbocycles. The standard InChI is InChI=1S/C18H25N3O2S/c1-13-9-20-16(14(2)17(13)22-3)11-21-7-4-5-15(10-21)12-23-18-19-6-8-24-18/h6,8-9,15H,4-5,7,10-12H2,1-3H3. The van der Waals surface area contributed by atoms with Crippen molar-refractivity contribution in [2.24, 2.45) is 5.92 Å². The van der Waals surface area contributed by atoms with E-state index in [1.54, 1.807) is 24.6 Å². The Morgan fingerprint density at radius 2 is 2.21 bits per heavy atom. The van der Waals surface area contributed by atoms with Crippen molar-refractivity contribution in [3.8, 4) is 10.9 Å². The Labute approximate surface area is 147 Å². The van der Waals surface area contributed by atoms with E-state index in [2.05, 4.69) is 21.8 Å². The molecule has 0 amide bonds. The van der Waals surface area contributed by atoms with Gasteiger partial charge in [0, 0.05) is 47.9 Å². The molecule has 2 aromatic heterocycles. The van der Waals surface area contributed by atoms with Crippen molar-refractivity contribution in [3.05, 3.63) is 34.6 Å². The van der Waals surface area contributed by atoms with E-state index in [-0.39, 0.29) is 0 Å². The summed E-state index contributed by atoms with van der Waals surface area (Å²) in [4.78, 5) is 11.3. The van der Waals surface area contributed by atoms with E-state index in [9.17, 15) is 0 Å². The lowest BCUT2D eigenvalue weighted by atomic mass is 9.98. The Morgan fingerprint density at radius 3 is 2.96 bits per heavy atom. The fourth-order valence-corrected chi connectivity index (χ4v) is 3.84. The summed E-state index contributed by atoms with van der Waals surface area (Å²) in [6.07, 6.45) is 6.11. The van der Waals surface area contributed by atoms with E-state index in [1.165, 1.54) is 12.8 Å². The molecule has 3 rings (SSSR count). The molecule has 1 aliphatic rings. The van der Waals surface area contributed by atoms with Crippen LogP contribution >= 0.6 is 11.3 Å². The van der Waals surface area contributed by atoms with Crippen molar-refractivity contribution in [2.45, 2.75) is 33.2 Å². The second-order valence-corrected chi connectivity index (χ2v) is 7.26. The molecule has 3 heterocycles. The highest BCUT2D eigenvalue weighted by Gasteiger charge is 2.22. The van der Waals surface area contributed by atoms with E-state index in [1.807, 2.05) is 18.5 Å². The SMILES string of the molecule is COc1c(C)cnc(CN2CCCC(COc3nccs3)C2)c1C. The molecule has 130 valence electrons. The zero-order valence-electron chi connectivity index (χ0n) is 14.6. The summed E-state index contributed by atoms with van der Waals surface area (Å²) in [5.74, 6) is 1.51. The summed E-state index contributed by atoms with van der Waals surface area (Å²) < 4.78 is 11.3. The Bertz CT molecular complexity index is 661. The van der Waals surface area contributed by atoms with Gasteiger partial charge in [0.2, 0.25) is 0 Å². The van der Waals surface area contributed by atoms with E-state index in [0.717, 1.165) is 54.0 Å². The first-order valence-electron chi connectivity index (χ1n) is 8.41. The Balaban J connectivity index is 1.59. The minimum Gasteiger partial charge on any atom is -0.496 e. The zero-order chi connectivity index (χ0) is 16.9. The number of pyridine rings is 1. The predicted octanol–water partition coefficient (Wildman–Crippen LogP) is 3.45. The van der Waals surface area contributed by atoms with Gasteiger partial charge in [0.25, 0.3) is 5.19 Å². The van der Waals surface area contributed by atoms with Gasteiger partial charge in [-0.15, -0.1) is 0 Å². The quantitative estimate of drug-likeness (QED) is 0.801. The minimum absolute atomic E-state index is 0.551. The van der Waals surface area contributed by atoms with Crippen LogP contribution in [0.3, 0.4) is 0 Å². The molecule has 1 saturated heterocycles. The van der Waals surface area contributed by atoms with Gasteiger partial charge >= 0.3 is 0 Å². The van der Waals surface area contributed by atoms with Gasteiger partial charge in [-0.3, -0.25) is 9.88 Å². The van der Waals surface area contributed by atoms with Gasteiger partial charge in [0.05, 0.1) is 19.4 Å². The van der Waals surface area contributed by atoms with Gasteiger partial charge in [-0.05, 0) is 33.2 Å². The van der Waals surface area contributed by atoms with Crippen LogP contribution < -0.4 is 9.47 Å². The molecule has 1 atom stereocenters. The summed E-state index contributed by atoms with van der Waals surface area (Å²) >= 11 is 1.55. The van der Waals surface area contributed by atoms with Crippen LogP contribution in [0.4, 0.5) is 0 Å². The van der Waals surface area contributed by atoms with Crippen LogP contribution in [0.15, 0.2) is 17.8 Å². The maximum atomic E-state index is 5.81. The normalized spacial score (nSPS) is 18.5. The van der Waals surface area contributed by atoms with E-state index < -0.39 is 0 Å². The summed E-state index contributed by atoms with van der Waals surface area (Å²) in [7, 11) is 1.73. The fraction of sp³-hybridized carbons (Fsp3) is 0.556. The van der Waals surface area contributed by atoms with Crippen LogP contribution in [0.5, 0.6) is 10.9 Å². The number of aryl methyl sites for hydroxylation is 1. The lowest BCUT2D eigenvalue weighted by Gasteiger charge is -2.32. The molecule has 1 aliphatic heterocycles. The van der Waals surface area contributed by atoms with Gasteiger partial charge in [-0.1, -0.05) is 11.3 Å². The summed E-state index contributed by atoms with van der Waals surface area (Å²) in [6.45, 7) is 7.91. The molecule has 0 aliphatic carbocycles. The van der Waals surface area contributed by atoms with E-state index in [0.29, 0.717) is 5.92 Å². The second-order valence-electron chi connectivity index (χ2n) is 6.40. The first-order chi connectivity index (χ1) is 11.7. The molecule has 6 heteroatoms. The molecule has 2 aromatic rings. The molecule has 0 N–H and O–H groups in total. The third-order valence-electron chi connectivity index (χ3n) is 4.58. The fourth-order valence-electron chi connectivity index (χ4n) is 3.34. The number of piperidine rings is 1.